The molecule has 0 spiro atoms. The molecule has 0 saturated carbocycles. The van der Waals surface area contributed by atoms with Crippen molar-refractivity contribution in [2.45, 2.75) is 13.6 Å². The normalized spacial score (nSPS) is 11.0. The zero-order valence-corrected chi connectivity index (χ0v) is 15.3. The first-order valence-corrected chi connectivity index (χ1v) is 8.69. The topological polar surface area (TPSA) is 78.8 Å². The number of hydrogen-bond acceptors (Lipinski definition) is 4. The molecule has 0 radical (unpaired) electrons. The van der Waals surface area contributed by atoms with Gasteiger partial charge in [0.15, 0.2) is 6.67 Å². The van der Waals surface area contributed by atoms with Gasteiger partial charge < -0.3 is 10.1 Å². The first kappa shape index (κ1) is 18.5. The van der Waals surface area contributed by atoms with Crippen LogP contribution in [0.5, 0.6) is 0 Å². The Balaban J connectivity index is 1.83. The third-order valence-electron chi connectivity index (χ3n) is 4.52. The average Bonchev–Trinajstić information content (AvgIpc) is 3.29. The molecule has 4 rings (SSSR count). The van der Waals surface area contributed by atoms with Crippen LogP contribution in [-0.2, 0) is 6.67 Å². The zero-order valence-electron chi connectivity index (χ0n) is 15.3. The number of hydrogen-bond donors (Lipinski definition) is 0. The summed E-state index contributed by atoms with van der Waals surface area (Å²) in [7, 11) is 0. The third kappa shape index (κ3) is 3.62. The van der Waals surface area contributed by atoms with Gasteiger partial charge >= 0.3 is 5.82 Å². The maximum Gasteiger partial charge on any atom is 0.389 e. The smallest absolute Gasteiger partial charge is 0.358 e. The molecule has 0 aliphatic carbocycles. The highest BCUT2D eigenvalue weighted by Crippen LogP contribution is 2.32. The van der Waals surface area contributed by atoms with E-state index in [1.165, 1.54) is 41.2 Å². The Labute approximate surface area is 164 Å². The van der Waals surface area contributed by atoms with Gasteiger partial charge in [0.25, 0.3) is 0 Å². The Hall–Kier alpha value is -3.88. The molecule has 9 heteroatoms. The Kier molecular flexibility index (Phi) is 4.63. The van der Waals surface area contributed by atoms with Gasteiger partial charge in [-0.05, 0) is 60.4 Å². The van der Waals surface area contributed by atoms with Gasteiger partial charge in [-0.15, -0.1) is 0 Å². The molecular formula is C20H15F2N5O2. The SMILES string of the molecule is Cc1c(-c2ccc(F)cc2)nn(Cn2ccc([N+](=O)[O-])n2)c1-c1ccc(F)cc1. The van der Waals surface area contributed by atoms with E-state index in [0.29, 0.717) is 11.4 Å². The predicted molar refractivity (Wildman–Crippen MR) is 102 cm³/mol. The zero-order chi connectivity index (χ0) is 20.5. The minimum Gasteiger partial charge on any atom is -0.358 e. The standard InChI is InChI=1S/C20H15F2N5O2/c1-13-19(14-2-6-16(21)7-3-14)24-26(12-25-11-10-18(23-25)27(28)29)20(13)15-4-8-17(22)9-5-15/h2-11H,12H2,1H3. The Morgan fingerprint density at radius 2 is 1.52 bits per heavy atom. The van der Waals surface area contributed by atoms with Gasteiger partial charge in [0.2, 0.25) is 0 Å². The van der Waals surface area contributed by atoms with Crippen molar-refractivity contribution < 1.29 is 13.7 Å². The fourth-order valence-electron chi connectivity index (χ4n) is 3.17. The second-order valence-corrected chi connectivity index (χ2v) is 6.45. The van der Waals surface area contributed by atoms with E-state index in [9.17, 15) is 18.9 Å². The van der Waals surface area contributed by atoms with E-state index >= 15 is 0 Å². The molecule has 0 N–H and O–H groups in total. The summed E-state index contributed by atoms with van der Waals surface area (Å²) in [4.78, 5) is 10.3. The molecule has 29 heavy (non-hydrogen) atoms. The quantitative estimate of drug-likeness (QED) is 0.370. The van der Waals surface area contributed by atoms with Crippen molar-refractivity contribution in [1.29, 1.82) is 0 Å². The van der Waals surface area contributed by atoms with Crippen LogP contribution in [0.25, 0.3) is 22.5 Å². The molecule has 2 aromatic carbocycles. The van der Waals surface area contributed by atoms with Gasteiger partial charge in [-0.25, -0.2) is 13.5 Å². The first-order chi connectivity index (χ1) is 13.9. The minimum atomic E-state index is -0.574. The largest absolute Gasteiger partial charge is 0.389 e. The Morgan fingerprint density at radius 1 is 0.931 bits per heavy atom. The molecule has 0 saturated heterocycles. The van der Waals surface area contributed by atoms with Crippen molar-refractivity contribution in [2.24, 2.45) is 0 Å². The summed E-state index contributed by atoms with van der Waals surface area (Å²) in [5.41, 5.74) is 3.60. The van der Waals surface area contributed by atoms with Crippen molar-refractivity contribution in [3.05, 3.63) is 88.1 Å². The van der Waals surface area contributed by atoms with Crippen molar-refractivity contribution in [3.8, 4) is 22.5 Å². The van der Waals surface area contributed by atoms with Gasteiger partial charge in [0.05, 0.1) is 28.7 Å². The van der Waals surface area contributed by atoms with Crippen LogP contribution in [0.15, 0.2) is 60.8 Å². The van der Waals surface area contributed by atoms with Crippen LogP contribution in [0.3, 0.4) is 0 Å². The van der Waals surface area contributed by atoms with Gasteiger partial charge in [-0.2, -0.15) is 9.78 Å². The van der Waals surface area contributed by atoms with Crippen LogP contribution in [0.4, 0.5) is 14.6 Å². The highest BCUT2D eigenvalue weighted by Gasteiger charge is 2.20. The molecule has 2 heterocycles. The van der Waals surface area contributed by atoms with Gasteiger partial charge in [-0.3, -0.25) is 0 Å². The van der Waals surface area contributed by atoms with Crippen LogP contribution >= 0.6 is 0 Å². The molecule has 4 aromatic rings. The number of benzene rings is 2. The predicted octanol–water partition coefficient (Wildman–Crippen LogP) is 4.41. The first-order valence-electron chi connectivity index (χ1n) is 8.69. The highest BCUT2D eigenvalue weighted by atomic mass is 19.1. The molecule has 0 unspecified atom stereocenters. The number of nitrogens with zero attached hydrogens (tertiary/aromatic N) is 5. The van der Waals surface area contributed by atoms with E-state index in [1.807, 2.05) is 6.92 Å². The summed E-state index contributed by atoms with van der Waals surface area (Å²) in [6.07, 6.45) is 1.49. The van der Waals surface area contributed by atoms with E-state index < -0.39 is 4.92 Å². The van der Waals surface area contributed by atoms with Crippen molar-refractivity contribution in [2.75, 3.05) is 0 Å². The lowest BCUT2D eigenvalue weighted by Gasteiger charge is -2.07. The maximum atomic E-state index is 13.4. The van der Waals surface area contributed by atoms with Crippen molar-refractivity contribution in [3.63, 3.8) is 0 Å². The van der Waals surface area contributed by atoms with Gasteiger partial charge in [0.1, 0.15) is 11.6 Å². The second-order valence-electron chi connectivity index (χ2n) is 6.45. The lowest BCUT2D eigenvalue weighted by molar-refractivity contribution is -0.389. The molecule has 0 aliphatic heterocycles. The molecule has 0 aliphatic rings. The monoisotopic (exact) mass is 395 g/mol. The minimum absolute atomic E-state index is 0.114. The number of aromatic nitrogens is 4. The third-order valence-corrected chi connectivity index (χ3v) is 4.52. The van der Waals surface area contributed by atoms with Crippen LogP contribution in [0.2, 0.25) is 0 Å². The fraction of sp³-hybridized carbons (Fsp3) is 0.100. The average molecular weight is 395 g/mol. The molecule has 0 bridgehead atoms. The van der Waals surface area contributed by atoms with E-state index in [-0.39, 0.29) is 24.1 Å². The summed E-state index contributed by atoms with van der Waals surface area (Å²) in [6.45, 7) is 1.98. The van der Waals surface area contributed by atoms with E-state index in [1.54, 1.807) is 28.9 Å². The second kappa shape index (κ2) is 7.27. The Bertz CT molecular complexity index is 1180. The number of nitro groups is 1. The maximum absolute atomic E-state index is 13.4. The van der Waals surface area contributed by atoms with Crippen LogP contribution in [-0.4, -0.2) is 24.5 Å². The molecule has 0 fully saturated rings. The number of rotatable bonds is 5. The Morgan fingerprint density at radius 3 is 2.07 bits per heavy atom. The van der Waals surface area contributed by atoms with E-state index in [4.69, 9.17) is 0 Å². The van der Waals surface area contributed by atoms with Crippen LogP contribution in [0, 0.1) is 28.7 Å². The molecule has 7 nitrogen and oxygen atoms in total. The summed E-state index contributed by atoms with van der Waals surface area (Å²) in [5, 5.41) is 19.5. The summed E-state index contributed by atoms with van der Waals surface area (Å²) in [6, 6.07) is 13.2. The summed E-state index contributed by atoms with van der Waals surface area (Å²) < 4.78 is 29.8. The molecule has 2 aromatic heterocycles. The van der Waals surface area contributed by atoms with Crippen LogP contribution in [0.1, 0.15) is 5.56 Å². The molecular weight excluding hydrogens is 380 g/mol. The highest BCUT2D eigenvalue weighted by molar-refractivity contribution is 5.74. The molecule has 0 amide bonds. The summed E-state index contributed by atoms with van der Waals surface area (Å²) >= 11 is 0. The number of halogens is 2. The van der Waals surface area contributed by atoms with Crippen LogP contribution < -0.4 is 0 Å². The van der Waals surface area contributed by atoms with Crippen molar-refractivity contribution in [1.82, 2.24) is 19.6 Å². The lowest BCUT2D eigenvalue weighted by atomic mass is 10.0. The molecule has 0 atom stereocenters. The van der Waals surface area contributed by atoms with Gasteiger partial charge in [0, 0.05) is 16.7 Å². The van der Waals surface area contributed by atoms with E-state index in [0.717, 1.165) is 16.7 Å². The molecule has 146 valence electrons. The van der Waals surface area contributed by atoms with Crippen molar-refractivity contribution >= 4 is 5.82 Å². The summed E-state index contributed by atoms with van der Waals surface area (Å²) in [5.74, 6) is -0.983. The lowest BCUT2D eigenvalue weighted by Crippen LogP contribution is -2.12. The van der Waals surface area contributed by atoms with Gasteiger partial charge in [-0.1, -0.05) is 0 Å². The van der Waals surface area contributed by atoms with E-state index in [2.05, 4.69) is 10.2 Å². The fourth-order valence-corrected chi connectivity index (χ4v) is 3.17.